The standard InChI is InChI=1S/C28H27Cl2N3O4S/c1-38-23-8-6-18(25(29)26(23)30)7-9-24(34)33-12-10-19(11-13-33)27(35)32-22(28(36)37)15-17-14-20-4-2-3-5-21(20)31-16-17/h2-9,14,16,19,22H,10-13,15H2,1H3,(H,32,35)(H,36,37)/b9-7+. The Morgan fingerprint density at radius 2 is 1.89 bits per heavy atom. The smallest absolute Gasteiger partial charge is 0.326 e. The first-order chi connectivity index (χ1) is 18.3. The summed E-state index contributed by atoms with van der Waals surface area (Å²) in [5.41, 5.74) is 2.20. The Bertz CT molecular complexity index is 1390. The van der Waals surface area contributed by atoms with Crippen molar-refractivity contribution in [2.45, 2.75) is 30.2 Å². The molecule has 2 aromatic carbocycles. The Hall–Kier alpha value is -3.07. The first-order valence-electron chi connectivity index (χ1n) is 12.1. The number of aliphatic carboxylic acids is 1. The van der Waals surface area contributed by atoms with Crippen LogP contribution in [0.25, 0.3) is 17.0 Å². The van der Waals surface area contributed by atoms with Gasteiger partial charge in [0.2, 0.25) is 11.8 Å². The van der Waals surface area contributed by atoms with E-state index in [1.54, 1.807) is 17.2 Å². The molecule has 2 amide bonds. The summed E-state index contributed by atoms with van der Waals surface area (Å²) in [6.07, 6.45) is 7.67. The third kappa shape index (κ3) is 6.67. The lowest BCUT2D eigenvalue weighted by atomic mass is 9.95. The van der Waals surface area contributed by atoms with E-state index in [9.17, 15) is 19.5 Å². The van der Waals surface area contributed by atoms with Crippen LogP contribution in [0.5, 0.6) is 0 Å². The number of amides is 2. The molecule has 1 aliphatic heterocycles. The lowest BCUT2D eigenvalue weighted by Crippen LogP contribution is -2.48. The molecule has 7 nitrogen and oxygen atoms in total. The molecule has 1 saturated heterocycles. The zero-order valence-electron chi connectivity index (χ0n) is 20.7. The average molecular weight is 573 g/mol. The fraction of sp³-hybridized carbons (Fsp3) is 0.286. The van der Waals surface area contributed by atoms with Gasteiger partial charge in [0.1, 0.15) is 6.04 Å². The van der Waals surface area contributed by atoms with Crippen molar-refractivity contribution >= 4 is 69.7 Å². The van der Waals surface area contributed by atoms with Gasteiger partial charge >= 0.3 is 5.97 Å². The van der Waals surface area contributed by atoms with E-state index < -0.39 is 12.0 Å². The number of hydrogen-bond acceptors (Lipinski definition) is 5. The summed E-state index contributed by atoms with van der Waals surface area (Å²) in [4.78, 5) is 44.4. The lowest BCUT2D eigenvalue weighted by Gasteiger charge is -2.31. The van der Waals surface area contributed by atoms with Crippen LogP contribution in [0.4, 0.5) is 0 Å². The molecule has 0 bridgehead atoms. The van der Waals surface area contributed by atoms with Crippen LogP contribution in [0.1, 0.15) is 24.0 Å². The molecule has 10 heteroatoms. The number of carbonyl (C=O) groups excluding carboxylic acids is 2. The maximum absolute atomic E-state index is 12.9. The molecule has 0 radical (unpaired) electrons. The molecule has 1 aliphatic rings. The summed E-state index contributed by atoms with van der Waals surface area (Å²) in [6, 6.07) is 12.1. The Morgan fingerprint density at radius 3 is 2.61 bits per heavy atom. The third-order valence-corrected chi connectivity index (χ3v) is 8.37. The van der Waals surface area contributed by atoms with E-state index in [4.69, 9.17) is 23.2 Å². The number of halogens is 2. The number of likely N-dealkylation sites (tertiary alicyclic amines) is 1. The number of piperidine rings is 1. The van der Waals surface area contributed by atoms with Gasteiger partial charge in [0.25, 0.3) is 0 Å². The van der Waals surface area contributed by atoms with Crippen LogP contribution in [-0.2, 0) is 20.8 Å². The normalized spacial score (nSPS) is 15.1. The van der Waals surface area contributed by atoms with Gasteiger partial charge in [0.05, 0.1) is 15.6 Å². The van der Waals surface area contributed by atoms with Gasteiger partial charge in [-0.1, -0.05) is 47.5 Å². The van der Waals surface area contributed by atoms with Crippen molar-refractivity contribution in [1.29, 1.82) is 0 Å². The molecule has 1 atom stereocenters. The van der Waals surface area contributed by atoms with E-state index in [2.05, 4.69) is 10.3 Å². The Balaban J connectivity index is 1.31. The second-order valence-corrected chi connectivity index (χ2v) is 10.7. The number of benzene rings is 2. The highest BCUT2D eigenvalue weighted by atomic mass is 35.5. The Morgan fingerprint density at radius 1 is 1.16 bits per heavy atom. The molecule has 1 aromatic heterocycles. The maximum Gasteiger partial charge on any atom is 0.326 e. The van der Waals surface area contributed by atoms with Crippen LogP contribution in [0, 0.1) is 5.92 Å². The number of carbonyl (C=O) groups is 3. The van der Waals surface area contributed by atoms with E-state index in [0.717, 1.165) is 21.4 Å². The molecular formula is C28H27Cl2N3O4S. The summed E-state index contributed by atoms with van der Waals surface area (Å²) < 4.78 is 0. The monoisotopic (exact) mass is 571 g/mol. The number of rotatable bonds is 8. The van der Waals surface area contributed by atoms with Gasteiger partial charge in [-0.3, -0.25) is 14.6 Å². The van der Waals surface area contributed by atoms with E-state index in [-0.39, 0.29) is 24.2 Å². The Labute approximate surface area is 235 Å². The highest BCUT2D eigenvalue weighted by Crippen LogP contribution is 2.35. The number of fused-ring (bicyclic) bond motifs is 1. The van der Waals surface area contributed by atoms with Crippen LogP contribution in [0.15, 0.2) is 59.6 Å². The average Bonchev–Trinajstić information content (AvgIpc) is 2.93. The summed E-state index contributed by atoms with van der Waals surface area (Å²) in [5.74, 6) is -1.97. The van der Waals surface area contributed by atoms with Crippen molar-refractivity contribution in [2.24, 2.45) is 5.92 Å². The second kappa shape index (κ2) is 12.7. The maximum atomic E-state index is 12.9. The molecule has 38 heavy (non-hydrogen) atoms. The van der Waals surface area contributed by atoms with Gasteiger partial charge in [0, 0.05) is 48.0 Å². The minimum Gasteiger partial charge on any atom is -0.480 e. The van der Waals surface area contributed by atoms with Gasteiger partial charge in [-0.05, 0) is 54.5 Å². The summed E-state index contributed by atoms with van der Waals surface area (Å²) in [6.45, 7) is 0.793. The first-order valence-corrected chi connectivity index (χ1v) is 14.1. The van der Waals surface area contributed by atoms with Gasteiger partial charge in [-0.15, -0.1) is 11.8 Å². The van der Waals surface area contributed by atoms with Crippen molar-refractivity contribution < 1.29 is 19.5 Å². The fourth-order valence-electron chi connectivity index (χ4n) is 4.42. The summed E-state index contributed by atoms with van der Waals surface area (Å²) in [7, 11) is 0. The van der Waals surface area contributed by atoms with Crippen LogP contribution < -0.4 is 5.32 Å². The predicted octanol–water partition coefficient (Wildman–Crippen LogP) is 5.33. The van der Waals surface area contributed by atoms with E-state index >= 15 is 0 Å². The first kappa shape index (κ1) is 28.0. The zero-order chi connectivity index (χ0) is 27.2. The topological polar surface area (TPSA) is 99.6 Å². The molecular weight excluding hydrogens is 545 g/mol. The molecule has 1 fully saturated rings. The van der Waals surface area contributed by atoms with Gasteiger partial charge in [0.15, 0.2) is 0 Å². The van der Waals surface area contributed by atoms with Gasteiger partial charge in [-0.2, -0.15) is 0 Å². The largest absolute Gasteiger partial charge is 0.480 e. The van der Waals surface area contributed by atoms with Crippen LogP contribution in [0.3, 0.4) is 0 Å². The quantitative estimate of drug-likeness (QED) is 0.280. The van der Waals surface area contributed by atoms with E-state index in [1.165, 1.54) is 17.8 Å². The van der Waals surface area contributed by atoms with Gasteiger partial charge in [-0.25, -0.2) is 4.79 Å². The second-order valence-electron chi connectivity index (χ2n) is 9.06. The number of aromatic nitrogens is 1. The number of nitrogens with one attached hydrogen (secondary N) is 1. The molecule has 4 rings (SSSR count). The van der Waals surface area contributed by atoms with Crippen molar-refractivity contribution in [3.63, 3.8) is 0 Å². The highest BCUT2D eigenvalue weighted by Gasteiger charge is 2.30. The number of carboxylic acids is 1. The van der Waals surface area contributed by atoms with Crippen LogP contribution in [-0.4, -0.2) is 58.2 Å². The highest BCUT2D eigenvalue weighted by molar-refractivity contribution is 7.98. The number of nitrogens with zero attached hydrogens (tertiary/aromatic N) is 2. The molecule has 1 unspecified atom stereocenters. The third-order valence-electron chi connectivity index (χ3n) is 6.58. The van der Waals surface area contributed by atoms with Crippen molar-refractivity contribution in [2.75, 3.05) is 19.3 Å². The number of thioether (sulfide) groups is 1. The van der Waals surface area contributed by atoms with Crippen molar-refractivity contribution in [3.05, 3.63) is 75.9 Å². The predicted molar refractivity (Wildman–Crippen MR) is 152 cm³/mol. The molecule has 3 aromatic rings. The fourth-order valence-corrected chi connectivity index (χ4v) is 5.59. The molecule has 2 heterocycles. The Kier molecular flexibility index (Phi) is 9.31. The minimum absolute atomic E-state index is 0.130. The minimum atomic E-state index is -1.10. The molecule has 0 saturated carbocycles. The summed E-state index contributed by atoms with van der Waals surface area (Å²) >= 11 is 14.1. The van der Waals surface area contributed by atoms with Crippen molar-refractivity contribution in [3.8, 4) is 0 Å². The zero-order valence-corrected chi connectivity index (χ0v) is 23.0. The molecule has 0 aliphatic carbocycles. The number of para-hydroxylation sites is 1. The van der Waals surface area contributed by atoms with Crippen LogP contribution >= 0.6 is 35.0 Å². The van der Waals surface area contributed by atoms with Gasteiger partial charge < -0.3 is 15.3 Å². The SMILES string of the molecule is CSc1ccc(/C=C/C(=O)N2CCC(C(=O)NC(Cc3cnc4ccccc4c3)C(=O)O)CC2)c(Cl)c1Cl. The molecule has 2 N–H and O–H groups in total. The van der Waals surface area contributed by atoms with Crippen molar-refractivity contribution in [1.82, 2.24) is 15.2 Å². The lowest BCUT2D eigenvalue weighted by molar-refractivity contribution is -0.142. The van der Waals surface area contributed by atoms with E-state index in [0.29, 0.717) is 41.5 Å². The van der Waals surface area contributed by atoms with Crippen LogP contribution in [0.2, 0.25) is 10.0 Å². The molecule has 0 spiro atoms. The number of pyridine rings is 1. The van der Waals surface area contributed by atoms with E-state index in [1.807, 2.05) is 48.7 Å². The summed E-state index contributed by atoms with van der Waals surface area (Å²) in [5, 5.41) is 14.2. The number of hydrogen-bond donors (Lipinski definition) is 2. The number of carboxylic acid groups (broad SMARTS) is 1. The molecule has 198 valence electrons.